The van der Waals surface area contributed by atoms with E-state index in [-0.39, 0.29) is 23.6 Å². The van der Waals surface area contributed by atoms with Gasteiger partial charge in [-0.3, -0.25) is 14.4 Å². The van der Waals surface area contributed by atoms with E-state index in [9.17, 15) is 14.4 Å². The molecule has 1 saturated heterocycles. The second kappa shape index (κ2) is 11.7. The zero-order valence-electron chi connectivity index (χ0n) is 18.4. The summed E-state index contributed by atoms with van der Waals surface area (Å²) in [4.78, 5) is 39.7. The lowest BCUT2D eigenvalue weighted by atomic mass is 9.95. The fraction of sp³-hybridized carbons (Fsp3) is 0.400. The molecule has 32 heavy (non-hydrogen) atoms. The normalized spacial score (nSPS) is 14.1. The van der Waals surface area contributed by atoms with Gasteiger partial charge in [-0.2, -0.15) is 0 Å². The monoisotopic (exact) mass is 455 g/mol. The Morgan fingerprint density at radius 2 is 1.78 bits per heavy atom. The molecule has 0 aliphatic carbocycles. The van der Waals surface area contributed by atoms with Crippen molar-refractivity contribution in [3.05, 3.63) is 64.7 Å². The topological polar surface area (TPSA) is 78.5 Å². The molecule has 0 bridgehead atoms. The third kappa shape index (κ3) is 6.57. The Morgan fingerprint density at radius 1 is 1.06 bits per heavy atom. The molecule has 1 aliphatic rings. The predicted molar refractivity (Wildman–Crippen MR) is 127 cm³/mol. The Labute approximate surface area is 194 Å². The van der Waals surface area contributed by atoms with Crippen LogP contribution < -0.4 is 10.6 Å². The molecule has 2 aromatic rings. The minimum absolute atomic E-state index is 0.123. The standard InChI is InChI=1S/C25H30ClN3O3/c1-2-14-27-25(32)21-10-9-20(26)17-22(21)28-24(31)19-12-15-29(16-13-19)23(30)11-8-18-6-4-3-5-7-18/h3-7,9-10,17,19H,2,8,11-16H2,1H3,(H,27,32)(H,28,31). The average Bonchev–Trinajstić information content (AvgIpc) is 2.82. The summed E-state index contributed by atoms with van der Waals surface area (Å²) in [6, 6.07) is 14.8. The number of nitrogens with zero attached hydrogens (tertiary/aromatic N) is 1. The van der Waals surface area contributed by atoms with Crippen LogP contribution in [-0.2, 0) is 16.0 Å². The van der Waals surface area contributed by atoms with Gasteiger partial charge in [0.15, 0.2) is 0 Å². The zero-order valence-corrected chi connectivity index (χ0v) is 19.2. The van der Waals surface area contributed by atoms with Crippen molar-refractivity contribution in [2.24, 2.45) is 5.92 Å². The lowest BCUT2D eigenvalue weighted by molar-refractivity contribution is -0.134. The van der Waals surface area contributed by atoms with Crippen molar-refractivity contribution in [1.29, 1.82) is 0 Å². The Kier molecular flexibility index (Phi) is 8.68. The summed E-state index contributed by atoms with van der Waals surface area (Å²) >= 11 is 6.10. The Bertz CT molecular complexity index is 941. The molecule has 0 aromatic heterocycles. The van der Waals surface area contributed by atoms with Gasteiger partial charge in [0.25, 0.3) is 5.91 Å². The van der Waals surface area contributed by atoms with Crippen molar-refractivity contribution in [2.45, 2.75) is 39.0 Å². The number of hydrogen-bond donors (Lipinski definition) is 2. The predicted octanol–water partition coefficient (Wildman–Crippen LogP) is 4.29. The van der Waals surface area contributed by atoms with E-state index in [4.69, 9.17) is 11.6 Å². The fourth-order valence-corrected chi connectivity index (χ4v) is 4.00. The van der Waals surface area contributed by atoms with E-state index in [0.29, 0.717) is 55.2 Å². The molecule has 1 fully saturated rings. The number of amides is 3. The highest BCUT2D eigenvalue weighted by atomic mass is 35.5. The van der Waals surface area contributed by atoms with Crippen molar-refractivity contribution in [3.8, 4) is 0 Å². The fourth-order valence-electron chi connectivity index (χ4n) is 3.83. The first-order valence-corrected chi connectivity index (χ1v) is 11.6. The van der Waals surface area contributed by atoms with E-state index in [1.54, 1.807) is 18.2 Å². The maximum absolute atomic E-state index is 12.9. The van der Waals surface area contributed by atoms with E-state index >= 15 is 0 Å². The molecule has 1 aliphatic heterocycles. The second-order valence-electron chi connectivity index (χ2n) is 8.08. The summed E-state index contributed by atoms with van der Waals surface area (Å²) in [6.07, 6.45) is 3.21. The van der Waals surface area contributed by atoms with Crippen LogP contribution in [0.1, 0.15) is 48.5 Å². The molecule has 0 spiro atoms. The number of likely N-dealkylation sites (tertiary alicyclic amines) is 1. The van der Waals surface area contributed by atoms with Crippen LogP contribution in [-0.4, -0.2) is 42.3 Å². The van der Waals surface area contributed by atoms with Crippen molar-refractivity contribution in [2.75, 3.05) is 25.0 Å². The average molecular weight is 456 g/mol. The van der Waals surface area contributed by atoms with Gasteiger partial charge in [-0.05, 0) is 49.4 Å². The lowest BCUT2D eigenvalue weighted by Crippen LogP contribution is -2.41. The summed E-state index contributed by atoms with van der Waals surface area (Å²) in [5, 5.41) is 6.16. The molecule has 2 aromatic carbocycles. The van der Waals surface area contributed by atoms with Crippen molar-refractivity contribution in [3.63, 3.8) is 0 Å². The number of halogens is 1. The first kappa shape index (κ1) is 23.8. The summed E-state index contributed by atoms with van der Waals surface area (Å²) in [6.45, 7) is 3.66. The van der Waals surface area contributed by atoms with Crippen LogP contribution >= 0.6 is 11.6 Å². The second-order valence-corrected chi connectivity index (χ2v) is 8.51. The van der Waals surface area contributed by atoms with Gasteiger partial charge in [0.1, 0.15) is 0 Å². The number of nitrogens with one attached hydrogen (secondary N) is 2. The van der Waals surface area contributed by atoms with Crippen LogP contribution in [0.2, 0.25) is 5.02 Å². The van der Waals surface area contributed by atoms with Gasteiger partial charge in [-0.15, -0.1) is 0 Å². The zero-order chi connectivity index (χ0) is 22.9. The van der Waals surface area contributed by atoms with E-state index in [1.807, 2.05) is 42.2 Å². The van der Waals surface area contributed by atoms with Crippen LogP contribution in [0.5, 0.6) is 0 Å². The van der Waals surface area contributed by atoms with Gasteiger partial charge in [-0.1, -0.05) is 48.9 Å². The summed E-state index contributed by atoms with van der Waals surface area (Å²) in [5.74, 6) is -0.470. The maximum atomic E-state index is 12.9. The van der Waals surface area contributed by atoms with E-state index < -0.39 is 0 Å². The van der Waals surface area contributed by atoms with Gasteiger partial charge in [0.2, 0.25) is 11.8 Å². The number of rotatable bonds is 8. The molecular formula is C25H30ClN3O3. The van der Waals surface area contributed by atoms with E-state index in [1.165, 1.54) is 0 Å². The molecule has 7 heteroatoms. The van der Waals surface area contributed by atoms with Gasteiger partial charge in [0.05, 0.1) is 11.3 Å². The molecule has 0 atom stereocenters. The highest BCUT2D eigenvalue weighted by Crippen LogP contribution is 2.25. The van der Waals surface area contributed by atoms with Crippen molar-refractivity contribution >= 4 is 35.0 Å². The van der Waals surface area contributed by atoms with Gasteiger partial charge < -0.3 is 15.5 Å². The van der Waals surface area contributed by atoms with Crippen LogP contribution in [0.25, 0.3) is 0 Å². The molecule has 3 amide bonds. The molecule has 0 radical (unpaired) electrons. The maximum Gasteiger partial charge on any atom is 0.253 e. The number of aryl methyl sites for hydroxylation is 1. The largest absolute Gasteiger partial charge is 0.352 e. The third-order valence-electron chi connectivity index (χ3n) is 5.71. The Balaban J connectivity index is 1.53. The molecular weight excluding hydrogens is 426 g/mol. The first-order chi connectivity index (χ1) is 15.5. The Hall–Kier alpha value is -2.86. The Morgan fingerprint density at radius 3 is 2.47 bits per heavy atom. The number of carbonyl (C=O) groups is 3. The highest BCUT2D eigenvalue weighted by Gasteiger charge is 2.28. The quantitative estimate of drug-likeness (QED) is 0.623. The van der Waals surface area contributed by atoms with Gasteiger partial charge in [0, 0.05) is 37.0 Å². The van der Waals surface area contributed by atoms with E-state index in [2.05, 4.69) is 10.6 Å². The smallest absolute Gasteiger partial charge is 0.253 e. The number of benzene rings is 2. The molecule has 0 unspecified atom stereocenters. The molecule has 0 saturated carbocycles. The molecule has 1 heterocycles. The van der Waals surface area contributed by atoms with Crippen molar-refractivity contribution < 1.29 is 14.4 Å². The summed E-state index contributed by atoms with van der Waals surface area (Å²) in [7, 11) is 0. The van der Waals surface area contributed by atoms with E-state index in [0.717, 1.165) is 18.4 Å². The number of piperidine rings is 1. The SMILES string of the molecule is CCCNC(=O)c1ccc(Cl)cc1NC(=O)C1CCN(C(=O)CCc2ccccc2)CC1. The summed E-state index contributed by atoms with van der Waals surface area (Å²) in [5.41, 5.74) is 1.96. The number of hydrogen-bond acceptors (Lipinski definition) is 3. The van der Waals surface area contributed by atoms with Crippen LogP contribution in [0.4, 0.5) is 5.69 Å². The van der Waals surface area contributed by atoms with Crippen LogP contribution in [0.15, 0.2) is 48.5 Å². The molecule has 170 valence electrons. The molecule has 3 rings (SSSR count). The third-order valence-corrected chi connectivity index (χ3v) is 5.94. The lowest BCUT2D eigenvalue weighted by Gasteiger charge is -2.31. The first-order valence-electron chi connectivity index (χ1n) is 11.2. The minimum atomic E-state index is -0.238. The number of carbonyl (C=O) groups excluding carboxylic acids is 3. The minimum Gasteiger partial charge on any atom is -0.352 e. The van der Waals surface area contributed by atoms with Gasteiger partial charge >= 0.3 is 0 Å². The molecule has 6 nitrogen and oxygen atoms in total. The molecule has 2 N–H and O–H groups in total. The summed E-state index contributed by atoms with van der Waals surface area (Å²) < 4.78 is 0. The van der Waals surface area contributed by atoms with Crippen molar-refractivity contribution in [1.82, 2.24) is 10.2 Å². The van der Waals surface area contributed by atoms with Gasteiger partial charge in [-0.25, -0.2) is 0 Å². The van der Waals surface area contributed by atoms with Crippen LogP contribution in [0, 0.1) is 5.92 Å². The number of anilines is 1. The van der Waals surface area contributed by atoms with Crippen LogP contribution in [0.3, 0.4) is 0 Å². The highest BCUT2D eigenvalue weighted by molar-refractivity contribution is 6.31.